The maximum Gasteiger partial charge on any atom is 0.235 e. The number of benzene rings is 1. The Morgan fingerprint density at radius 3 is 3.05 bits per heavy atom. The quantitative estimate of drug-likeness (QED) is 0.736. The van der Waals surface area contributed by atoms with E-state index in [0.29, 0.717) is 0 Å². The van der Waals surface area contributed by atoms with Gasteiger partial charge in [-0.25, -0.2) is 0 Å². The molecule has 0 amide bonds. The maximum atomic E-state index is 5.98. The third-order valence-electron chi connectivity index (χ3n) is 3.76. The first-order valence-electron chi connectivity index (χ1n) is 6.92. The molecule has 0 spiro atoms. The van der Waals surface area contributed by atoms with Crippen LogP contribution in [0, 0.1) is 6.92 Å². The molecule has 1 aliphatic rings. The normalized spacial score (nSPS) is 18.6. The Bertz CT molecular complexity index is 803. The molecule has 0 bridgehead atoms. The van der Waals surface area contributed by atoms with E-state index in [1.165, 1.54) is 11.3 Å². The number of aryl methyl sites for hydroxylation is 1. The van der Waals surface area contributed by atoms with Gasteiger partial charge in [0.2, 0.25) is 4.96 Å². The van der Waals surface area contributed by atoms with Crippen LogP contribution in [0.3, 0.4) is 0 Å². The van der Waals surface area contributed by atoms with Crippen molar-refractivity contribution in [2.75, 3.05) is 12.3 Å². The number of nitrogens with zero attached hydrogens (tertiary/aromatic N) is 4. The molecule has 1 saturated heterocycles. The fraction of sp³-hybridized carbons (Fsp3) is 0.357. The highest BCUT2D eigenvalue weighted by molar-refractivity contribution is 7.19. The summed E-state index contributed by atoms with van der Waals surface area (Å²) in [6.07, 6.45) is 2.05. The van der Waals surface area contributed by atoms with Gasteiger partial charge in [0.05, 0.1) is 0 Å². The molecule has 1 aliphatic heterocycles. The summed E-state index contributed by atoms with van der Waals surface area (Å²) in [5, 5.41) is 13.9. The van der Waals surface area contributed by atoms with Crippen LogP contribution in [0.25, 0.3) is 15.5 Å². The first kappa shape index (κ1) is 12.7. The smallest absolute Gasteiger partial charge is 0.235 e. The van der Waals surface area contributed by atoms with Crippen LogP contribution in [-0.4, -0.2) is 26.4 Å². The number of nitrogens with two attached hydrogens (primary N) is 1. The van der Waals surface area contributed by atoms with Crippen LogP contribution in [0.5, 0.6) is 0 Å². The molecule has 2 N–H and O–H groups in total. The van der Waals surface area contributed by atoms with E-state index in [0.717, 1.165) is 52.1 Å². The van der Waals surface area contributed by atoms with Crippen LogP contribution in [0.4, 0.5) is 5.69 Å². The van der Waals surface area contributed by atoms with E-state index in [-0.39, 0.29) is 6.10 Å². The molecule has 0 saturated carbocycles. The van der Waals surface area contributed by atoms with Crippen molar-refractivity contribution in [2.24, 2.45) is 0 Å². The number of fused-ring (bicyclic) bond motifs is 1. The topological polar surface area (TPSA) is 78.3 Å². The number of rotatable bonds is 2. The highest BCUT2D eigenvalue weighted by atomic mass is 32.1. The van der Waals surface area contributed by atoms with Gasteiger partial charge in [-0.2, -0.15) is 9.61 Å². The second kappa shape index (κ2) is 4.78. The molecule has 2 aromatic heterocycles. The average Bonchev–Trinajstić information content (AvgIpc) is 3.16. The monoisotopic (exact) mass is 301 g/mol. The Morgan fingerprint density at radius 1 is 1.38 bits per heavy atom. The zero-order chi connectivity index (χ0) is 14.4. The molecule has 1 fully saturated rings. The van der Waals surface area contributed by atoms with Crippen molar-refractivity contribution in [1.29, 1.82) is 0 Å². The van der Waals surface area contributed by atoms with Gasteiger partial charge in [-0.15, -0.1) is 10.2 Å². The van der Waals surface area contributed by atoms with Crippen LogP contribution in [0.15, 0.2) is 18.2 Å². The van der Waals surface area contributed by atoms with Crippen molar-refractivity contribution in [3.05, 3.63) is 29.6 Å². The lowest BCUT2D eigenvalue weighted by atomic mass is 10.1. The minimum atomic E-state index is 0.0121. The average molecular weight is 301 g/mol. The Kier molecular flexibility index (Phi) is 2.90. The van der Waals surface area contributed by atoms with Crippen molar-refractivity contribution < 1.29 is 4.74 Å². The summed E-state index contributed by atoms with van der Waals surface area (Å²) in [5.74, 6) is 0.796. The van der Waals surface area contributed by atoms with E-state index in [9.17, 15) is 0 Å². The SMILES string of the molecule is Cc1ccc(-c2nn3c(C4CCCO4)nnc3s2)cc1N. The second-order valence-corrected chi connectivity index (χ2v) is 6.19. The van der Waals surface area contributed by atoms with Crippen molar-refractivity contribution in [3.63, 3.8) is 0 Å². The fourth-order valence-corrected chi connectivity index (χ4v) is 3.35. The molecule has 7 heteroatoms. The minimum absolute atomic E-state index is 0.0121. The van der Waals surface area contributed by atoms with E-state index in [1.807, 2.05) is 25.1 Å². The number of aromatic nitrogens is 4. The summed E-state index contributed by atoms with van der Waals surface area (Å²) in [4.78, 5) is 0.787. The summed E-state index contributed by atoms with van der Waals surface area (Å²) in [7, 11) is 0. The lowest BCUT2D eigenvalue weighted by Gasteiger charge is -2.04. The molecule has 3 aromatic rings. The third kappa shape index (κ3) is 2.09. The molecule has 1 unspecified atom stereocenters. The van der Waals surface area contributed by atoms with Crippen molar-refractivity contribution in [3.8, 4) is 10.6 Å². The Hall–Kier alpha value is -1.99. The van der Waals surface area contributed by atoms with E-state index in [4.69, 9.17) is 10.5 Å². The summed E-state index contributed by atoms with van der Waals surface area (Å²) in [6, 6.07) is 5.99. The Labute approximate surface area is 125 Å². The van der Waals surface area contributed by atoms with Crippen molar-refractivity contribution in [2.45, 2.75) is 25.9 Å². The van der Waals surface area contributed by atoms with Gasteiger partial charge in [-0.3, -0.25) is 0 Å². The Morgan fingerprint density at radius 2 is 2.29 bits per heavy atom. The van der Waals surface area contributed by atoms with Crippen molar-refractivity contribution in [1.82, 2.24) is 19.8 Å². The zero-order valence-electron chi connectivity index (χ0n) is 11.6. The van der Waals surface area contributed by atoms with Gasteiger partial charge in [0.15, 0.2) is 5.82 Å². The Balaban J connectivity index is 1.78. The predicted octanol–water partition coefficient (Wildman–Crippen LogP) is 2.59. The van der Waals surface area contributed by atoms with E-state index in [2.05, 4.69) is 15.3 Å². The molecular weight excluding hydrogens is 286 g/mol. The van der Waals surface area contributed by atoms with Gasteiger partial charge in [0, 0.05) is 17.9 Å². The molecule has 1 atom stereocenters. The number of hydrogen-bond acceptors (Lipinski definition) is 6. The second-order valence-electron chi connectivity index (χ2n) is 5.23. The summed E-state index contributed by atoms with van der Waals surface area (Å²) >= 11 is 1.51. The van der Waals surface area contributed by atoms with Crippen LogP contribution in [0.1, 0.15) is 30.3 Å². The molecule has 108 valence electrons. The van der Waals surface area contributed by atoms with Crippen LogP contribution in [-0.2, 0) is 4.74 Å². The largest absolute Gasteiger partial charge is 0.398 e. The lowest BCUT2D eigenvalue weighted by molar-refractivity contribution is 0.103. The van der Waals surface area contributed by atoms with Gasteiger partial charge < -0.3 is 10.5 Å². The molecule has 4 rings (SSSR count). The summed E-state index contributed by atoms with van der Waals surface area (Å²) in [5.41, 5.74) is 8.83. The number of anilines is 1. The molecule has 21 heavy (non-hydrogen) atoms. The maximum absolute atomic E-state index is 5.98. The highest BCUT2D eigenvalue weighted by Gasteiger charge is 2.25. The predicted molar refractivity (Wildman–Crippen MR) is 81.2 cm³/mol. The summed E-state index contributed by atoms with van der Waals surface area (Å²) in [6.45, 7) is 2.78. The van der Waals surface area contributed by atoms with Gasteiger partial charge >= 0.3 is 0 Å². The van der Waals surface area contributed by atoms with E-state index < -0.39 is 0 Å². The highest BCUT2D eigenvalue weighted by Crippen LogP contribution is 2.31. The first-order valence-corrected chi connectivity index (χ1v) is 7.74. The minimum Gasteiger partial charge on any atom is -0.398 e. The van der Waals surface area contributed by atoms with Gasteiger partial charge in [-0.05, 0) is 31.4 Å². The molecular formula is C14H15N5OS. The fourth-order valence-electron chi connectivity index (χ4n) is 2.50. The standard InChI is InChI=1S/C14H15N5OS/c1-8-4-5-9(7-10(8)15)13-18-19-12(11-3-2-6-20-11)16-17-14(19)21-13/h4-5,7,11H,2-3,6,15H2,1H3. The molecule has 1 aromatic carbocycles. The molecule has 0 radical (unpaired) electrons. The first-order chi connectivity index (χ1) is 10.2. The third-order valence-corrected chi connectivity index (χ3v) is 4.71. The van der Waals surface area contributed by atoms with Crippen LogP contribution >= 0.6 is 11.3 Å². The van der Waals surface area contributed by atoms with E-state index in [1.54, 1.807) is 4.52 Å². The van der Waals surface area contributed by atoms with E-state index >= 15 is 0 Å². The van der Waals surface area contributed by atoms with Crippen molar-refractivity contribution >= 4 is 22.0 Å². The number of nitrogen functional groups attached to an aromatic ring is 1. The van der Waals surface area contributed by atoms with Crippen LogP contribution in [0.2, 0.25) is 0 Å². The van der Waals surface area contributed by atoms with Gasteiger partial charge in [0.1, 0.15) is 11.1 Å². The number of hydrogen-bond donors (Lipinski definition) is 1. The van der Waals surface area contributed by atoms with Crippen LogP contribution < -0.4 is 5.73 Å². The zero-order valence-corrected chi connectivity index (χ0v) is 12.4. The molecule has 0 aliphatic carbocycles. The molecule has 6 nitrogen and oxygen atoms in total. The molecule has 3 heterocycles. The lowest BCUT2D eigenvalue weighted by Crippen LogP contribution is -2.03. The number of ether oxygens (including phenoxy) is 1. The summed E-state index contributed by atoms with van der Waals surface area (Å²) < 4.78 is 7.47. The van der Waals surface area contributed by atoms with Gasteiger partial charge in [0.25, 0.3) is 0 Å². The van der Waals surface area contributed by atoms with Gasteiger partial charge in [-0.1, -0.05) is 23.5 Å².